The van der Waals surface area contributed by atoms with Gasteiger partial charge in [0.05, 0.1) is 0 Å². The van der Waals surface area contributed by atoms with Crippen LogP contribution in [-0.4, -0.2) is 27.7 Å². The van der Waals surface area contributed by atoms with E-state index < -0.39 is 0 Å². The largest absolute Gasteiger partial charge is 0.339 e. The van der Waals surface area contributed by atoms with Crippen LogP contribution in [0.25, 0.3) is 11.5 Å². The van der Waals surface area contributed by atoms with E-state index in [0.29, 0.717) is 17.8 Å². The van der Waals surface area contributed by atoms with Crippen molar-refractivity contribution in [2.75, 3.05) is 6.54 Å². The van der Waals surface area contributed by atoms with Gasteiger partial charge in [-0.1, -0.05) is 11.2 Å². The molecule has 2 aromatic rings. The van der Waals surface area contributed by atoms with Gasteiger partial charge in [0.1, 0.15) is 5.69 Å². The molecule has 100 valence electrons. The molecule has 1 N–H and O–H groups in total. The first-order chi connectivity index (χ1) is 9.22. The number of pyridine rings is 1. The highest BCUT2D eigenvalue weighted by Crippen LogP contribution is 2.19. The lowest BCUT2D eigenvalue weighted by Gasteiger charge is -2.04. The summed E-state index contributed by atoms with van der Waals surface area (Å²) in [6, 6.07) is 2.55. The zero-order valence-electron chi connectivity index (χ0n) is 11.3. The molecule has 0 bridgehead atoms. The van der Waals surface area contributed by atoms with E-state index in [1.165, 1.54) is 12.8 Å². The lowest BCUT2D eigenvalue weighted by atomic mass is 10.1. The Morgan fingerprint density at radius 3 is 3.05 bits per heavy atom. The quantitative estimate of drug-likeness (QED) is 0.912. The van der Waals surface area contributed by atoms with Crippen LogP contribution in [0.5, 0.6) is 0 Å². The fourth-order valence-corrected chi connectivity index (χ4v) is 2.53. The van der Waals surface area contributed by atoms with Gasteiger partial charge in [0.15, 0.2) is 0 Å². The number of hydrogen-bond donors (Lipinski definition) is 1. The summed E-state index contributed by atoms with van der Waals surface area (Å²) in [5.41, 5.74) is 3.02. The Balaban J connectivity index is 1.80. The monoisotopic (exact) mass is 258 g/mol. The first kappa shape index (κ1) is 12.3. The van der Waals surface area contributed by atoms with Crippen LogP contribution in [0.1, 0.15) is 29.9 Å². The molecule has 1 unspecified atom stereocenters. The van der Waals surface area contributed by atoms with Crippen molar-refractivity contribution in [1.82, 2.24) is 20.4 Å². The molecule has 5 heteroatoms. The molecule has 0 aromatic carbocycles. The molecule has 5 nitrogen and oxygen atoms in total. The number of aryl methyl sites for hydroxylation is 2. The minimum atomic E-state index is 0.473. The van der Waals surface area contributed by atoms with Gasteiger partial charge in [0.2, 0.25) is 11.7 Å². The van der Waals surface area contributed by atoms with Gasteiger partial charge < -0.3 is 9.84 Å². The standard InChI is InChI=1S/C14H18N4O/c1-9-6-10(2)13(16-8-9)14-17-12(19-18-14)7-11-4-3-5-15-11/h6,8,11,15H,3-5,7H2,1-2H3. The lowest BCUT2D eigenvalue weighted by molar-refractivity contribution is 0.364. The second-order valence-electron chi connectivity index (χ2n) is 5.19. The molecule has 3 heterocycles. The highest BCUT2D eigenvalue weighted by Gasteiger charge is 2.19. The summed E-state index contributed by atoms with van der Waals surface area (Å²) >= 11 is 0. The first-order valence-corrected chi connectivity index (χ1v) is 6.72. The van der Waals surface area contributed by atoms with Crippen molar-refractivity contribution in [3.63, 3.8) is 0 Å². The normalized spacial score (nSPS) is 18.9. The van der Waals surface area contributed by atoms with Gasteiger partial charge in [-0.05, 0) is 44.4 Å². The maximum absolute atomic E-state index is 5.33. The summed E-state index contributed by atoms with van der Waals surface area (Å²) in [4.78, 5) is 8.85. The molecule has 1 saturated heterocycles. The Morgan fingerprint density at radius 2 is 2.32 bits per heavy atom. The van der Waals surface area contributed by atoms with Crippen LogP contribution < -0.4 is 5.32 Å². The Labute approximate surface area is 112 Å². The van der Waals surface area contributed by atoms with E-state index in [9.17, 15) is 0 Å². The van der Waals surface area contributed by atoms with Crippen LogP contribution in [0.2, 0.25) is 0 Å². The zero-order chi connectivity index (χ0) is 13.2. The van der Waals surface area contributed by atoms with Crippen molar-refractivity contribution in [2.24, 2.45) is 0 Å². The molecule has 0 spiro atoms. The molecule has 3 rings (SSSR count). The van der Waals surface area contributed by atoms with Crippen LogP contribution in [0, 0.1) is 13.8 Å². The molecule has 2 aromatic heterocycles. The predicted octanol–water partition coefficient (Wildman–Crippen LogP) is 2.04. The molecule has 1 atom stereocenters. The number of nitrogens with one attached hydrogen (secondary N) is 1. The highest BCUT2D eigenvalue weighted by atomic mass is 16.5. The molecule has 0 amide bonds. The summed E-state index contributed by atoms with van der Waals surface area (Å²) in [5.74, 6) is 1.28. The van der Waals surface area contributed by atoms with Crippen LogP contribution in [0.15, 0.2) is 16.8 Å². The van der Waals surface area contributed by atoms with Crippen LogP contribution in [0.3, 0.4) is 0 Å². The zero-order valence-corrected chi connectivity index (χ0v) is 11.3. The molecular formula is C14H18N4O. The molecule has 1 aliphatic rings. The van der Waals surface area contributed by atoms with Crippen LogP contribution in [0.4, 0.5) is 0 Å². The molecule has 0 aliphatic carbocycles. The first-order valence-electron chi connectivity index (χ1n) is 6.72. The molecule has 1 aliphatic heterocycles. The topological polar surface area (TPSA) is 63.8 Å². The summed E-state index contributed by atoms with van der Waals surface area (Å²) in [5, 5.41) is 7.47. The third kappa shape index (κ3) is 2.66. The SMILES string of the molecule is Cc1cnc(-c2noc(CC3CCCN3)n2)c(C)c1. The van der Waals surface area contributed by atoms with Crippen molar-refractivity contribution < 1.29 is 4.52 Å². The maximum Gasteiger partial charge on any atom is 0.228 e. The fourth-order valence-electron chi connectivity index (χ4n) is 2.53. The van der Waals surface area contributed by atoms with E-state index in [4.69, 9.17) is 4.52 Å². The molecule has 0 radical (unpaired) electrons. The van der Waals surface area contributed by atoms with Crippen molar-refractivity contribution in [1.29, 1.82) is 0 Å². The third-order valence-corrected chi connectivity index (χ3v) is 3.48. The van der Waals surface area contributed by atoms with E-state index in [-0.39, 0.29) is 0 Å². The minimum Gasteiger partial charge on any atom is -0.339 e. The van der Waals surface area contributed by atoms with Gasteiger partial charge >= 0.3 is 0 Å². The second kappa shape index (κ2) is 5.09. The molecular weight excluding hydrogens is 240 g/mol. The number of rotatable bonds is 3. The van der Waals surface area contributed by atoms with E-state index in [0.717, 1.165) is 29.8 Å². The summed E-state index contributed by atoms with van der Waals surface area (Å²) in [6.07, 6.45) is 5.04. The van der Waals surface area contributed by atoms with Crippen LogP contribution >= 0.6 is 0 Å². The van der Waals surface area contributed by atoms with Gasteiger partial charge in [-0.3, -0.25) is 4.98 Å². The van der Waals surface area contributed by atoms with E-state index in [2.05, 4.69) is 26.5 Å². The lowest BCUT2D eigenvalue weighted by Crippen LogP contribution is -2.23. The van der Waals surface area contributed by atoms with Gasteiger partial charge in [0.25, 0.3) is 0 Å². The number of hydrogen-bond acceptors (Lipinski definition) is 5. The maximum atomic E-state index is 5.33. The smallest absolute Gasteiger partial charge is 0.228 e. The van der Waals surface area contributed by atoms with E-state index >= 15 is 0 Å². The Morgan fingerprint density at radius 1 is 1.42 bits per heavy atom. The third-order valence-electron chi connectivity index (χ3n) is 3.48. The number of aromatic nitrogens is 3. The second-order valence-corrected chi connectivity index (χ2v) is 5.19. The van der Waals surface area contributed by atoms with E-state index in [1.54, 1.807) is 0 Å². The van der Waals surface area contributed by atoms with Gasteiger partial charge in [-0.2, -0.15) is 4.98 Å². The summed E-state index contributed by atoms with van der Waals surface area (Å²) < 4.78 is 5.33. The van der Waals surface area contributed by atoms with Gasteiger partial charge in [0, 0.05) is 18.7 Å². The van der Waals surface area contributed by atoms with Crippen LogP contribution in [-0.2, 0) is 6.42 Å². The van der Waals surface area contributed by atoms with E-state index in [1.807, 2.05) is 20.0 Å². The number of nitrogens with zero attached hydrogens (tertiary/aromatic N) is 3. The van der Waals surface area contributed by atoms with Crippen molar-refractivity contribution >= 4 is 0 Å². The average molecular weight is 258 g/mol. The summed E-state index contributed by atoms with van der Waals surface area (Å²) in [7, 11) is 0. The van der Waals surface area contributed by atoms with Gasteiger partial charge in [-0.25, -0.2) is 0 Å². The Bertz CT molecular complexity index is 573. The highest BCUT2D eigenvalue weighted by molar-refractivity contribution is 5.53. The molecule has 19 heavy (non-hydrogen) atoms. The van der Waals surface area contributed by atoms with Crippen molar-refractivity contribution in [2.45, 2.75) is 39.2 Å². The Kier molecular flexibility index (Phi) is 3.29. The van der Waals surface area contributed by atoms with Crippen molar-refractivity contribution in [3.05, 3.63) is 29.3 Å². The summed E-state index contributed by atoms with van der Waals surface area (Å²) in [6.45, 7) is 5.13. The van der Waals surface area contributed by atoms with Crippen molar-refractivity contribution in [3.8, 4) is 11.5 Å². The predicted molar refractivity (Wildman–Crippen MR) is 71.7 cm³/mol. The van der Waals surface area contributed by atoms with Gasteiger partial charge in [-0.15, -0.1) is 0 Å². The minimum absolute atomic E-state index is 0.473. The Hall–Kier alpha value is -1.75. The fraction of sp³-hybridized carbons (Fsp3) is 0.500. The molecule has 0 saturated carbocycles. The molecule has 1 fully saturated rings. The average Bonchev–Trinajstić information content (AvgIpc) is 3.01.